The summed E-state index contributed by atoms with van der Waals surface area (Å²) in [6.45, 7) is 1.86. The third-order valence-corrected chi connectivity index (χ3v) is 4.73. The van der Waals surface area contributed by atoms with Crippen molar-refractivity contribution in [3.8, 4) is 0 Å². The van der Waals surface area contributed by atoms with E-state index in [-0.39, 0.29) is 24.0 Å². The first-order valence-electron chi connectivity index (χ1n) is 6.48. The van der Waals surface area contributed by atoms with Crippen LogP contribution in [0.15, 0.2) is 24.3 Å². The van der Waals surface area contributed by atoms with Gasteiger partial charge in [-0.15, -0.1) is 0 Å². The molecule has 1 saturated heterocycles. The zero-order valence-corrected chi connectivity index (χ0v) is 11.5. The van der Waals surface area contributed by atoms with Crippen LogP contribution < -0.4 is 10.0 Å². The molecule has 1 aromatic carbocycles. The SMILES string of the molecule is O=S(=O)(CC1CCCNC1)NCc1cccc(F)c1. The molecule has 1 unspecified atom stereocenters. The molecule has 1 aliphatic rings. The molecule has 0 radical (unpaired) electrons. The molecule has 106 valence electrons. The topological polar surface area (TPSA) is 58.2 Å². The minimum absolute atomic E-state index is 0.134. The van der Waals surface area contributed by atoms with Gasteiger partial charge in [0.25, 0.3) is 0 Å². The summed E-state index contributed by atoms with van der Waals surface area (Å²) in [5.74, 6) is -0.0538. The Hall–Kier alpha value is -0.980. The molecule has 1 fully saturated rings. The van der Waals surface area contributed by atoms with Gasteiger partial charge in [0.15, 0.2) is 0 Å². The molecular weight excluding hydrogens is 267 g/mol. The van der Waals surface area contributed by atoms with Gasteiger partial charge in [-0.25, -0.2) is 17.5 Å². The molecule has 0 aromatic heterocycles. The molecule has 1 aliphatic heterocycles. The third-order valence-electron chi connectivity index (χ3n) is 3.24. The molecule has 1 aromatic rings. The first kappa shape index (κ1) is 14.4. The highest BCUT2D eigenvalue weighted by Crippen LogP contribution is 2.12. The van der Waals surface area contributed by atoms with Crippen LogP contribution in [-0.2, 0) is 16.6 Å². The van der Waals surface area contributed by atoms with E-state index in [1.54, 1.807) is 12.1 Å². The lowest BCUT2D eigenvalue weighted by atomic mass is 10.0. The summed E-state index contributed by atoms with van der Waals surface area (Å²) in [5.41, 5.74) is 0.630. The van der Waals surface area contributed by atoms with E-state index in [2.05, 4.69) is 10.0 Å². The summed E-state index contributed by atoms with van der Waals surface area (Å²) in [6, 6.07) is 5.95. The maximum Gasteiger partial charge on any atom is 0.212 e. The smallest absolute Gasteiger partial charge is 0.212 e. The highest BCUT2D eigenvalue weighted by molar-refractivity contribution is 7.89. The lowest BCUT2D eigenvalue weighted by molar-refractivity contribution is 0.402. The Morgan fingerprint density at radius 1 is 1.42 bits per heavy atom. The van der Waals surface area contributed by atoms with Crippen molar-refractivity contribution in [3.05, 3.63) is 35.6 Å². The van der Waals surface area contributed by atoms with E-state index in [9.17, 15) is 12.8 Å². The number of halogens is 1. The van der Waals surface area contributed by atoms with Crippen LogP contribution in [0.4, 0.5) is 4.39 Å². The number of sulfonamides is 1. The van der Waals surface area contributed by atoms with Crippen molar-refractivity contribution >= 4 is 10.0 Å². The summed E-state index contributed by atoms with van der Waals surface area (Å²) in [4.78, 5) is 0. The zero-order valence-electron chi connectivity index (χ0n) is 10.7. The molecular formula is C13H19FN2O2S. The Morgan fingerprint density at radius 3 is 2.95 bits per heavy atom. The second kappa shape index (κ2) is 6.45. The molecule has 2 rings (SSSR count). The van der Waals surface area contributed by atoms with E-state index in [1.165, 1.54) is 12.1 Å². The Labute approximate surface area is 113 Å². The number of benzene rings is 1. The van der Waals surface area contributed by atoms with Crippen molar-refractivity contribution in [2.75, 3.05) is 18.8 Å². The minimum Gasteiger partial charge on any atom is -0.316 e. The Morgan fingerprint density at radius 2 is 2.26 bits per heavy atom. The monoisotopic (exact) mass is 286 g/mol. The minimum atomic E-state index is -3.30. The average Bonchev–Trinajstić information content (AvgIpc) is 2.37. The van der Waals surface area contributed by atoms with E-state index in [0.717, 1.165) is 25.9 Å². The zero-order chi connectivity index (χ0) is 13.7. The van der Waals surface area contributed by atoms with Crippen LogP contribution in [-0.4, -0.2) is 27.3 Å². The van der Waals surface area contributed by atoms with Crippen LogP contribution in [0, 0.1) is 11.7 Å². The molecule has 1 heterocycles. The van der Waals surface area contributed by atoms with E-state index >= 15 is 0 Å². The molecule has 4 nitrogen and oxygen atoms in total. The van der Waals surface area contributed by atoms with Crippen molar-refractivity contribution < 1.29 is 12.8 Å². The standard InChI is InChI=1S/C13H19FN2O2S/c14-13-5-1-3-11(7-13)9-16-19(17,18)10-12-4-2-6-15-8-12/h1,3,5,7,12,15-16H,2,4,6,8-10H2. The van der Waals surface area contributed by atoms with Crippen LogP contribution in [0.5, 0.6) is 0 Å². The van der Waals surface area contributed by atoms with Crippen LogP contribution in [0.3, 0.4) is 0 Å². The highest BCUT2D eigenvalue weighted by Gasteiger charge is 2.20. The molecule has 0 amide bonds. The van der Waals surface area contributed by atoms with Gasteiger partial charge >= 0.3 is 0 Å². The van der Waals surface area contributed by atoms with Crippen molar-refractivity contribution in [3.63, 3.8) is 0 Å². The second-order valence-corrected chi connectivity index (χ2v) is 6.80. The van der Waals surface area contributed by atoms with Gasteiger partial charge in [-0.05, 0) is 49.5 Å². The average molecular weight is 286 g/mol. The van der Waals surface area contributed by atoms with Crippen LogP contribution >= 0.6 is 0 Å². The number of hydrogen-bond donors (Lipinski definition) is 2. The van der Waals surface area contributed by atoms with E-state index in [0.29, 0.717) is 5.56 Å². The molecule has 19 heavy (non-hydrogen) atoms. The first-order chi connectivity index (χ1) is 9.05. The Bertz CT molecular complexity index is 513. The van der Waals surface area contributed by atoms with Gasteiger partial charge < -0.3 is 5.32 Å². The van der Waals surface area contributed by atoms with Crippen molar-refractivity contribution in [1.29, 1.82) is 0 Å². The second-order valence-electron chi connectivity index (χ2n) is 4.94. The maximum absolute atomic E-state index is 13.0. The molecule has 0 spiro atoms. The lowest BCUT2D eigenvalue weighted by Crippen LogP contribution is -2.37. The summed E-state index contributed by atoms with van der Waals surface area (Å²) in [7, 11) is -3.30. The fourth-order valence-corrected chi connectivity index (χ4v) is 3.69. The van der Waals surface area contributed by atoms with Crippen molar-refractivity contribution in [1.82, 2.24) is 10.0 Å². The summed E-state index contributed by atoms with van der Waals surface area (Å²) < 4.78 is 39.4. The van der Waals surface area contributed by atoms with Gasteiger partial charge in [0.1, 0.15) is 5.82 Å². The van der Waals surface area contributed by atoms with Gasteiger partial charge in [-0.2, -0.15) is 0 Å². The highest BCUT2D eigenvalue weighted by atomic mass is 32.2. The molecule has 6 heteroatoms. The molecule has 2 N–H and O–H groups in total. The van der Waals surface area contributed by atoms with Gasteiger partial charge in [-0.1, -0.05) is 12.1 Å². The molecule has 0 bridgehead atoms. The number of rotatable bonds is 5. The Kier molecular flexibility index (Phi) is 4.90. The van der Waals surface area contributed by atoms with Crippen LogP contribution in [0.25, 0.3) is 0 Å². The van der Waals surface area contributed by atoms with Crippen molar-refractivity contribution in [2.45, 2.75) is 19.4 Å². The van der Waals surface area contributed by atoms with Crippen LogP contribution in [0.2, 0.25) is 0 Å². The van der Waals surface area contributed by atoms with Crippen molar-refractivity contribution in [2.24, 2.45) is 5.92 Å². The normalized spacial score (nSPS) is 20.4. The van der Waals surface area contributed by atoms with E-state index < -0.39 is 10.0 Å². The largest absolute Gasteiger partial charge is 0.316 e. The number of piperidine rings is 1. The predicted octanol–water partition coefficient (Wildman–Crippen LogP) is 1.24. The van der Waals surface area contributed by atoms with Gasteiger partial charge in [-0.3, -0.25) is 0 Å². The van der Waals surface area contributed by atoms with Gasteiger partial charge in [0.05, 0.1) is 5.75 Å². The summed E-state index contributed by atoms with van der Waals surface area (Å²) in [6.07, 6.45) is 1.96. The fraction of sp³-hybridized carbons (Fsp3) is 0.538. The number of nitrogens with one attached hydrogen (secondary N) is 2. The number of hydrogen-bond acceptors (Lipinski definition) is 3. The fourth-order valence-electron chi connectivity index (χ4n) is 2.28. The quantitative estimate of drug-likeness (QED) is 0.856. The molecule has 0 aliphatic carbocycles. The first-order valence-corrected chi connectivity index (χ1v) is 8.13. The van der Waals surface area contributed by atoms with Gasteiger partial charge in [0, 0.05) is 6.54 Å². The predicted molar refractivity (Wildman–Crippen MR) is 72.6 cm³/mol. The van der Waals surface area contributed by atoms with E-state index in [1.807, 2.05) is 0 Å². The van der Waals surface area contributed by atoms with E-state index in [4.69, 9.17) is 0 Å². The molecule has 0 saturated carbocycles. The summed E-state index contributed by atoms with van der Waals surface area (Å²) >= 11 is 0. The van der Waals surface area contributed by atoms with Crippen LogP contribution in [0.1, 0.15) is 18.4 Å². The lowest BCUT2D eigenvalue weighted by Gasteiger charge is -2.22. The Balaban J connectivity index is 1.86. The van der Waals surface area contributed by atoms with Gasteiger partial charge in [0.2, 0.25) is 10.0 Å². The maximum atomic E-state index is 13.0. The molecule has 1 atom stereocenters. The third kappa shape index (κ3) is 4.89. The summed E-state index contributed by atoms with van der Waals surface area (Å²) in [5, 5.41) is 3.20.